The number of nitrogens with zero attached hydrogens (tertiary/aromatic N) is 4. The Morgan fingerprint density at radius 3 is 2.74 bits per heavy atom. The Kier molecular flexibility index (Phi) is 4.49. The fourth-order valence-electron chi connectivity index (χ4n) is 1.92. The lowest BCUT2D eigenvalue weighted by molar-refractivity contribution is 0.603. The minimum absolute atomic E-state index is 0.829. The highest BCUT2D eigenvalue weighted by molar-refractivity contribution is 5.60. The molecule has 0 fully saturated rings. The Labute approximate surface area is 114 Å². The van der Waals surface area contributed by atoms with E-state index in [-0.39, 0.29) is 0 Å². The van der Waals surface area contributed by atoms with Crippen molar-refractivity contribution in [1.29, 1.82) is 0 Å². The molecule has 0 amide bonds. The van der Waals surface area contributed by atoms with Gasteiger partial charge in [-0.1, -0.05) is 13.8 Å². The monoisotopic (exact) mass is 259 g/mol. The van der Waals surface area contributed by atoms with Crippen molar-refractivity contribution in [2.24, 2.45) is 0 Å². The van der Waals surface area contributed by atoms with Gasteiger partial charge < -0.3 is 5.32 Å². The summed E-state index contributed by atoms with van der Waals surface area (Å²) >= 11 is 0. The van der Waals surface area contributed by atoms with Crippen LogP contribution in [0.3, 0.4) is 0 Å². The Balaban J connectivity index is 2.33. The summed E-state index contributed by atoms with van der Waals surface area (Å²) in [6, 6.07) is 1.98. The highest BCUT2D eigenvalue weighted by Gasteiger charge is 2.07. The number of aromatic nitrogens is 4. The molecule has 0 bridgehead atoms. The predicted molar refractivity (Wildman–Crippen MR) is 77.1 cm³/mol. The molecular weight excluding hydrogens is 238 g/mol. The molecule has 0 atom stereocenters. The molecule has 19 heavy (non-hydrogen) atoms. The lowest BCUT2D eigenvalue weighted by Crippen LogP contribution is -2.04. The first-order valence-electron chi connectivity index (χ1n) is 6.91. The van der Waals surface area contributed by atoms with E-state index in [0.29, 0.717) is 0 Å². The molecule has 2 rings (SSSR count). The number of aryl methyl sites for hydroxylation is 2. The fraction of sp³-hybridized carbons (Fsp3) is 0.500. The molecule has 2 aromatic rings. The van der Waals surface area contributed by atoms with E-state index in [9.17, 15) is 0 Å². The molecule has 2 heterocycles. The van der Waals surface area contributed by atoms with Crippen LogP contribution in [0.1, 0.15) is 33.0 Å². The van der Waals surface area contributed by atoms with Gasteiger partial charge in [-0.15, -0.1) is 0 Å². The first kappa shape index (κ1) is 13.5. The van der Waals surface area contributed by atoms with E-state index in [2.05, 4.69) is 41.2 Å². The molecular formula is C14H21N5. The third-order valence-electron chi connectivity index (χ3n) is 2.83. The molecule has 0 saturated heterocycles. The number of hydrogen-bond acceptors (Lipinski definition) is 4. The van der Waals surface area contributed by atoms with E-state index in [0.717, 1.165) is 48.8 Å². The zero-order chi connectivity index (χ0) is 13.7. The minimum Gasteiger partial charge on any atom is -0.370 e. The predicted octanol–water partition coefficient (Wildman–Crippen LogP) is 2.74. The third kappa shape index (κ3) is 3.30. The molecule has 102 valence electrons. The second-order valence-corrected chi connectivity index (χ2v) is 4.43. The maximum absolute atomic E-state index is 4.57. The molecule has 0 radical (unpaired) electrons. The van der Waals surface area contributed by atoms with Gasteiger partial charge in [0.25, 0.3) is 0 Å². The van der Waals surface area contributed by atoms with Crippen molar-refractivity contribution in [2.45, 2.75) is 40.2 Å². The van der Waals surface area contributed by atoms with E-state index in [1.54, 1.807) is 0 Å². The van der Waals surface area contributed by atoms with Crippen LogP contribution < -0.4 is 5.32 Å². The normalized spacial score (nSPS) is 10.7. The van der Waals surface area contributed by atoms with Gasteiger partial charge in [-0.3, -0.25) is 4.68 Å². The van der Waals surface area contributed by atoms with Gasteiger partial charge in [0.05, 0.1) is 11.9 Å². The summed E-state index contributed by atoms with van der Waals surface area (Å²) in [5, 5.41) is 7.60. The first-order chi connectivity index (χ1) is 9.26. The lowest BCUT2D eigenvalue weighted by atomic mass is 10.2. The quantitative estimate of drug-likeness (QED) is 0.866. The average molecular weight is 259 g/mol. The number of hydrogen-bond donors (Lipinski definition) is 1. The van der Waals surface area contributed by atoms with Crippen LogP contribution in [0.4, 0.5) is 5.82 Å². The Morgan fingerprint density at radius 1 is 1.21 bits per heavy atom. The van der Waals surface area contributed by atoms with Crippen LogP contribution in [-0.4, -0.2) is 26.3 Å². The molecule has 0 aliphatic heterocycles. The summed E-state index contributed by atoms with van der Waals surface area (Å²) in [6.45, 7) is 8.06. The second kappa shape index (κ2) is 6.31. The molecule has 0 spiro atoms. The largest absolute Gasteiger partial charge is 0.370 e. The van der Waals surface area contributed by atoms with E-state index in [1.165, 1.54) is 0 Å². The van der Waals surface area contributed by atoms with Crippen LogP contribution in [0.2, 0.25) is 0 Å². The maximum Gasteiger partial charge on any atom is 0.131 e. The molecule has 0 saturated carbocycles. The minimum atomic E-state index is 0.829. The van der Waals surface area contributed by atoms with Crippen molar-refractivity contribution in [1.82, 2.24) is 19.7 Å². The van der Waals surface area contributed by atoms with E-state index < -0.39 is 0 Å². The highest BCUT2D eigenvalue weighted by atomic mass is 15.3. The SMILES string of the molecule is CCCn1cc(-c2cc(NCC)nc(CC)n2)cn1. The smallest absolute Gasteiger partial charge is 0.131 e. The topological polar surface area (TPSA) is 55.6 Å². The summed E-state index contributed by atoms with van der Waals surface area (Å²) in [7, 11) is 0. The summed E-state index contributed by atoms with van der Waals surface area (Å²) < 4.78 is 1.95. The molecule has 0 aliphatic rings. The molecule has 0 aliphatic carbocycles. The highest BCUT2D eigenvalue weighted by Crippen LogP contribution is 2.19. The van der Waals surface area contributed by atoms with Gasteiger partial charge in [0.15, 0.2) is 0 Å². The van der Waals surface area contributed by atoms with Crippen molar-refractivity contribution in [3.63, 3.8) is 0 Å². The van der Waals surface area contributed by atoms with Crippen LogP contribution in [0.5, 0.6) is 0 Å². The van der Waals surface area contributed by atoms with Crippen LogP contribution in [0.15, 0.2) is 18.5 Å². The van der Waals surface area contributed by atoms with Crippen LogP contribution >= 0.6 is 0 Å². The van der Waals surface area contributed by atoms with Crippen LogP contribution in [0, 0.1) is 0 Å². The molecule has 0 unspecified atom stereocenters. The standard InChI is InChI=1S/C14H21N5/c1-4-7-19-10-11(9-16-19)12-8-14(15-6-3)18-13(5-2)17-12/h8-10H,4-7H2,1-3H3,(H,15,17,18). The maximum atomic E-state index is 4.57. The second-order valence-electron chi connectivity index (χ2n) is 4.43. The lowest BCUT2D eigenvalue weighted by Gasteiger charge is -2.06. The number of anilines is 1. The van der Waals surface area contributed by atoms with Crippen molar-refractivity contribution in [3.8, 4) is 11.3 Å². The van der Waals surface area contributed by atoms with E-state index in [4.69, 9.17) is 0 Å². The summed E-state index contributed by atoms with van der Waals surface area (Å²) in [5.41, 5.74) is 1.98. The van der Waals surface area contributed by atoms with Crippen LogP contribution in [-0.2, 0) is 13.0 Å². The van der Waals surface area contributed by atoms with Crippen molar-refractivity contribution in [2.75, 3.05) is 11.9 Å². The van der Waals surface area contributed by atoms with Gasteiger partial charge in [0, 0.05) is 37.3 Å². The van der Waals surface area contributed by atoms with E-state index >= 15 is 0 Å². The Bertz CT molecular complexity index is 532. The Morgan fingerprint density at radius 2 is 2.05 bits per heavy atom. The average Bonchev–Trinajstić information content (AvgIpc) is 2.88. The molecule has 1 N–H and O–H groups in total. The third-order valence-corrected chi connectivity index (χ3v) is 2.83. The van der Waals surface area contributed by atoms with E-state index in [1.807, 2.05) is 23.1 Å². The number of rotatable bonds is 6. The van der Waals surface area contributed by atoms with Gasteiger partial charge in [-0.05, 0) is 13.3 Å². The summed E-state index contributed by atoms with van der Waals surface area (Å²) in [4.78, 5) is 9.03. The Hall–Kier alpha value is -1.91. The molecule has 0 aromatic carbocycles. The van der Waals surface area contributed by atoms with Gasteiger partial charge >= 0.3 is 0 Å². The van der Waals surface area contributed by atoms with Crippen molar-refractivity contribution < 1.29 is 0 Å². The first-order valence-corrected chi connectivity index (χ1v) is 6.91. The van der Waals surface area contributed by atoms with Gasteiger partial charge in [-0.25, -0.2) is 9.97 Å². The molecule has 5 nitrogen and oxygen atoms in total. The summed E-state index contributed by atoms with van der Waals surface area (Å²) in [5.74, 6) is 1.74. The van der Waals surface area contributed by atoms with Gasteiger partial charge in [0.2, 0.25) is 0 Å². The molecule has 5 heteroatoms. The fourth-order valence-corrected chi connectivity index (χ4v) is 1.92. The van der Waals surface area contributed by atoms with Gasteiger partial charge in [-0.2, -0.15) is 5.10 Å². The summed E-state index contributed by atoms with van der Waals surface area (Å²) in [6.07, 6.45) is 5.82. The zero-order valence-corrected chi connectivity index (χ0v) is 11.8. The van der Waals surface area contributed by atoms with Crippen molar-refractivity contribution in [3.05, 3.63) is 24.3 Å². The number of nitrogens with one attached hydrogen (secondary N) is 1. The van der Waals surface area contributed by atoms with Crippen molar-refractivity contribution >= 4 is 5.82 Å². The van der Waals surface area contributed by atoms with Gasteiger partial charge in [0.1, 0.15) is 11.6 Å². The zero-order valence-electron chi connectivity index (χ0n) is 11.8. The van der Waals surface area contributed by atoms with Crippen LogP contribution in [0.25, 0.3) is 11.3 Å². The molecule has 2 aromatic heterocycles.